The second-order valence-corrected chi connectivity index (χ2v) is 7.47. The van der Waals surface area contributed by atoms with Crippen molar-refractivity contribution in [1.82, 2.24) is 0 Å². The fourth-order valence-corrected chi connectivity index (χ4v) is 3.62. The third kappa shape index (κ3) is 4.43. The normalized spacial score (nSPS) is 11.2. The van der Waals surface area contributed by atoms with Crippen LogP contribution in [0.2, 0.25) is 5.02 Å². The number of ether oxygens (including phenoxy) is 1. The van der Waals surface area contributed by atoms with Crippen molar-refractivity contribution < 1.29 is 17.9 Å². The van der Waals surface area contributed by atoms with Crippen molar-refractivity contribution in [1.29, 1.82) is 0 Å². The van der Waals surface area contributed by atoms with Gasteiger partial charge in [0.05, 0.1) is 17.9 Å². The number of anilines is 1. The Bertz CT molecular complexity index is 898. The summed E-state index contributed by atoms with van der Waals surface area (Å²) in [5.74, 6) is -0.532. The molecule has 2 aromatic carbocycles. The highest BCUT2D eigenvalue weighted by atomic mass is 35.5. The predicted molar refractivity (Wildman–Crippen MR) is 97.7 cm³/mol. The molecule has 1 amide bonds. The fourth-order valence-electron chi connectivity index (χ4n) is 2.16. The van der Waals surface area contributed by atoms with Gasteiger partial charge in [0, 0.05) is 5.02 Å². The van der Waals surface area contributed by atoms with Crippen LogP contribution in [-0.2, 0) is 10.0 Å². The molecule has 2 rings (SSSR count). The second-order valence-electron chi connectivity index (χ2n) is 5.41. The van der Waals surface area contributed by atoms with Crippen molar-refractivity contribution in [3.05, 3.63) is 52.5 Å². The molecule has 0 aliphatic heterocycles. The lowest BCUT2D eigenvalue weighted by atomic mass is 10.2. The van der Waals surface area contributed by atoms with Crippen LogP contribution in [0.1, 0.15) is 29.3 Å². The van der Waals surface area contributed by atoms with E-state index in [4.69, 9.17) is 22.1 Å². The van der Waals surface area contributed by atoms with Gasteiger partial charge in [0.2, 0.25) is 0 Å². The van der Waals surface area contributed by atoms with Crippen LogP contribution in [0.5, 0.6) is 5.75 Å². The Balaban J connectivity index is 2.50. The topological polar surface area (TPSA) is 98.5 Å². The minimum absolute atomic E-state index is 0.0697. The number of hydrogen-bond donors (Lipinski definition) is 2. The monoisotopic (exact) mass is 382 g/mol. The van der Waals surface area contributed by atoms with Gasteiger partial charge >= 0.3 is 0 Å². The molecule has 0 atom stereocenters. The quantitative estimate of drug-likeness (QED) is 0.767. The lowest BCUT2D eigenvalue weighted by Crippen LogP contribution is -2.19. The van der Waals surface area contributed by atoms with Gasteiger partial charge in [-0.25, -0.2) is 8.42 Å². The van der Waals surface area contributed by atoms with Crippen molar-refractivity contribution in [2.45, 2.75) is 25.2 Å². The number of aryl methyl sites for hydroxylation is 1. The number of carbonyl (C=O) groups excluding carboxylic acids is 1. The molecule has 0 fully saturated rings. The molecule has 0 bridgehead atoms. The van der Waals surface area contributed by atoms with Gasteiger partial charge in [0.1, 0.15) is 10.6 Å². The van der Waals surface area contributed by atoms with Gasteiger partial charge in [-0.3, -0.25) is 9.52 Å². The van der Waals surface area contributed by atoms with Crippen LogP contribution in [0.4, 0.5) is 5.69 Å². The molecule has 6 nitrogen and oxygen atoms in total. The molecule has 0 heterocycles. The number of nitrogens with two attached hydrogens (primary N) is 1. The smallest absolute Gasteiger partial charge is 0.265 e. The summed E-state index contributed by atoms with van der Waals surface area (Å²) in [4.78, 5) is 11.4. The maximum Gasteiger partial charge on any atom is 0.265 e. The molecule has 0 spiro atoms. The number of halogens is 1. The van der Waals surface area contributed by atoms with E-state index < -0.39 is 15.9 Å². The molecule has 0 unspecified atom stereocenters. The van der Waals surface area contributed by atoms with Crippen LogP contribution in [0, 0.1) is 6.92 Å². The Kier molecular flexibility index (Phi) is 5.92. The number of hydrogen-bond acceptors (Lipinski definition) is 4. The number of primary amides is 1. The molecule has 0 aromatic heterocycles. The Labute approximate surface area is 152 Å². The summed E-state index contributed by atoms with van der Waals surface area (Å²) in [6, 6.07) is 9.00. The Morgan fingerprint density at radius 3 is 2.60 bits per heavy atom. The highest BCUT2D eigenvalue weighted by Crippen LogP contribution is 2.32. The molecule has 134 valence electrons. The van der Waals surface area contributed by atoms with Crippen LogP contribution >= 0.6 is 11.6 Å². The van der Waals surface area contributed by atoms with Gasteiger partial charge in [-0.05, 0) is 43.2 Å². The predicted octanol–water partition coefficient (Wildman–Crippen LogP) is 3.34. The molecule has 0 aliphatic carbocycles. The van der Waals surface area contributed by atoms with E-state index in [-0.39, 0.29) is 21.9 Å². The number of nitrogens with one attached hydrogen (secondary N) is 1. The van der Waals surface area contributed by atoms with E-state index in [2.05, 4.69) is 4.72 Å². The molecule has 0 saturated carbocycles. The fraction of sp³-hybridized carbons (Fsp3) is 0.235. The van der Waals surface area contributed by atoms with Crippen LogP contribution in [-0.4, -0.2) is 20.9 Å². The summed E-state index contributed by atoms with van der Waals surface area (Å²) < 4.78 is 33.6. The van der Waals surface area contributed by atoms with Crippen molar-refractivity contribution >= 4 is 33.2 Å². The first-order valence-electron chi connectivity index (χ1n) is 7.61. The lowest BCUT2D eigenvalue weighted by Gasteiger charge is -2.15. The minimum Gasteiger partial charge on any atom is -0.492 e. The van der Waals surface area contributed by atoms with Crippen molar-refractivity contribution in [2.24, 2.45) is 5.73 Å². The number of para-hydroxylation sites is 1. The average Bonchev–Trinajstić information content (AvgIpc) is 2.55. The van der Waals surface area contributed by atoms with E-state index >= 15 is 0 Å². The number of rotatable bonds is 7. The van der Waals surface area contributed by atoms with Gasteiger partial charge < -0.3 is 10.5 Å². The number of carbonyl (C=O) groups is 1. The molecular formula is C17H19ClN2O4S. The van der Waals surface area contributed by atoms with Crippen molar-refractivity contribution in [3.63, 3.8) is 0 Å². The first kappa shape index (κ1) is 19.1. The van der Waals surface area contributed by atoms with Crippen LogP contribution < -0.4 is 15.2 Å². The van der Waals surface area contributed by atoms with E-state index in [1.807, 2.05) is 6.92 Å². The summed E-state index contributed by atoms with van der Waals surface area (Å²) in [7, 11) is -4.04. The van der Waals surface area contributed by atoms with E-state index in [1.165, 1.54) is 18.2 Å². The van der Waals surface area contributed by atoms with Gasteiger partial charge in [-0.15, -0.1) is 0 Å². The zero-order valence-corrected chi connectivity index (χ0v) is 15.4. The molecule has 3 N–H and O–H groups in total. The Morgan fingerprint density at radius 1 is 1.28 bits per heavy atom. The largest absolute Gasteiger partial charge is 0.492 e. The molecule has 2 aromatic rings. The molecule has 0 saturated heterocycles. The first-order chi connectivity index (χ1) is 11.8. The summed E-state index contributed by atoms with van der Waals surface area (Å²) in [5, 5.41) is 0.299. The Hall–Kier alpha value is -2.25. The number of amides is 1. The standard InChI is InChI=1S/C17H19ClN2O4S/c1-3-8-24-15-9-11(2)13(18)10-16(15)25(22,23)20-14-7-5-4-6-12(14)17(19)21/h4-7,9-10,20H,3,8H2,1-2H3,(H2,19,21). The van der Waals surface area contributed by atoms with Gasteiger partial charge in [-0.2, -0.15) is 0 Å². The van der Waals surface area contributed by atoms with Crippen LogP contribution in [0.15, 0.2) is 41.3 Å². The lowest BCUT2D eigenvalue weighted by molar-refractivity contribution is 0.100. The highest BCUT2D eigenvalue weighted by Gasteiger charge is 2.23. The highest BCUT2D eigenvalue weighted by molar-refractivity contribution is 7.92. The van der Waals surface area contributed by atoms with Crippen molar-refractivity contribution in [2.75, 3.05) is 11.3 Å². The third-order valence-electron chi connectivity index (χ3n) is 3.41. The summed E-state index contributed by atoms with van der Waals surface area (Å²) >= 11 is 6.09. The van der Waals surface area contributed by atoms with E-state index in [9.17, 15) is 13.2 Å². The zero-order valence-electron chi connectivity index (χ0n) is 13.9. The zero-order chi connectivity index (χ0) is 18.6. The average molecular weight is 383 g/mol. The summed E-state index contributed by atoms with van der Waals surface area (Å²) in [6.45, 7) is 4.03. The van der Waals surface area contributed by atoms with Crippen LogP contribution in [0.25, 0.3) is 0 Å². The van der Waals surface area contributed by atoms with Gasteiger partial charge in [0.25, 0.3) is 15.9 Å². The van der Waals surface area contributed by atoms with Crippen molar-refractivity contribution in [3.8, 4) is 5.75 Å². The third-order valence-corrected chi connectivity index (χ3v) is 5.21. The van der Waals surface area contributed by atoms with Gasteiger partial charge in [-0.1, -0.05) is 30.7 Å². The first-order valence-corrected chi connectivity index (χ1v) is 9.47. The summed E-state index contributed by atoms with van der Waals surface area (Å²) in [6.07, 6.45) is 0.721. The number of benzene rings is 2. The van der Waals surface area contributed by atoms with Crippen LogP contribution in [0.3, 0.4) is 0 Å². The second kappa shape index (κ2) is 7.76. The minimum atomic E-state index is -4.04. The number of sulfonamides is 1. The molecule has 0 radical (unpaired) electrons. The maximum atomic E-state index is 12.8. The molecular weight excluding hydrogens is 364 g/mol. The maximum absolute atomic E-state index is 12.8. The van der Waals surface area contributed by atoms with E-state index in [0.29, 0.717) is 17.2 Å². The molecule has 8 heteroatoms. The molecule has 25 heavy (non-hydrogen) atoms. The SMILES string of the molecule is CCCOc1cc(C)c(Cl)cc1S(=O)(=O)Nc1ccccc1C(N)=O. The molecule has 0 aliphatic rings. The van der Waals surface area contributed by atoms with E-state index in [1.54, 1.807) is 25.1 Å². The summed E-state index contributed by atoms with van der Waals surface area (Å²) in [5.41, 5.74) is 6.15. The van der Waals surface area contributed by atoms with E-state index in [0.717, 1.165) is 6.42 Å². The Morgan fingerprint density at radius 2 is 1.96 bits per heavy atom. The van der Waals surface area contributed by atoms with Gasteiger partial charge in [0.15, 0.2) is 0 Å².